The van der Waals surface area contributed by atoms with Gasteiger partial charge in [-0.25, -0.2) is 18.1 Å². The minimum atomic E-state index is -3.63. The first-order chi connectivity index (χ1) is 13.2. The quantitative estimate of drug-likeness (QED) is 0.657. The number of nitrogens with zero attached hydrogens (tertiary/aromatic N) is 1. The maximum Gasteiger partial charge on any atom is 0.241 e. The smallest absolute Gasteiger partial charge is 0.241 e. The summed E-state index contributed by atoms with van der Waals surface area (Å²) in [6, 6.07) is 5.71. The number of rotatable bonds is 6. The third-order valence-electron chi connectivity index (χ3n) is 4.97. The summed E-state index contributed by atoms with van der Waals surface area (Å²) in [5.41, 5.74) is 2.46. The van der Waals surface area contributed by atoms with Gasteiger partial charge in [-0.1, -0.05) is 23.5 Å². The van der Waals surface area contributed by atoms with Crippen molar-refractivity contribution < 1.29 is 13.5 Å². The van der Waals surface area contributed by atoms with Crippen LogP contribution in [0.2, 0.25) is 0 Å². The van der Waals surface area contributed by atoms with E-state index in [2.05, 4.69) is 28.9 Å². The lowest BCUT2D eigenvalue weighted by Crippen LogP contribution is -2.38. The molecule has 0 unspecified atom stereocenters. The molecule has 0 radical (unpaired) electrons. The maximum absolute atomic E-state index is 13.0. The zero-order chi connectivity index (χ0) is 20.5. The van der Waals surface area contributed by atoms with Gasteiger partial charge in [0.25, 0.3) is 0 Å². The molecule has 1 aliphatic rings. The van der Waals surface area contributed by atoms with Crippen molar-refractivity contribution in [3.63, 3.8) is 0 Å². The number of hydrogen-bond donors (Lipinski definition) is 3. The van der Waals surface area contributed by atoms with Gasteiger partial charge in [-0.15, -0.1) is 0 Å². The number of aryl methyl sites for hydroxylation is 2. The second-order valence-corrected chi connectivity index (χ2v) is 10.5. The zero-order valence-corrected chi connectivity index (χ0v) is 18.5. The first kappa shape index (κ1) is 21.2. The molecule has 1 aromatic carbocycles. The molecular weight excluding hydrogens is 394 g/mol. The van der Waals surface area contributed by atoms with Crippen LogP contribution >= 0.6 is 11.3 Å². The van der Waals surface area contributed by atoms with E-state index in [9.17, 15) is 13.5 Å². The molecule has 154 valence electrons. The van der Waals surface area contributed by atoms with Crippen molar-refractivity contribution in [2.24, 2.45) is 0 Å². The standard InChI is InChI=1S/C20H29N3O3S2/c1-12(2)21-20-22-14(4)19(27-20)15-6-5-13(3)18(11-15)28(25,26)23-16-7-9-17(24)10-8-16/h5-6,11-12,16-17,23-24H,7-10H2,1-4H3,(H,21,22). The number of aliphatic hydroxyl groups is 1. The molecule has 8 heteroatoms. The largest absolute Gasteiger partial charge is 0.393 e. The second kappa shape index (κ2) is 8.49. The Kier molecular flexibility index (Phi) is 6.44. The molecule has 0 amide bonds. The third-order valence-corrected chi connectivity index (χ3v) is 7.77. The van der Waals surface area contributed by atoms with E-state index in [4.69, 9.17) is 0 Å². The number of anilines is 1. The van der Waals surface area contributed by atoms with Gasteiger partial charge in [-0.05, 0) is 70.6 Å². The molecule has 0 aliphatic heterocycles. The van der Waals surface area contributed by atoms with Crippen molar-refractivity contribution in [1.82, 2.24) is 9.71 Å². The fraction of sp³-hybridized carbons (Fsp3) is 0.550. The van der Waals surface area contributed by atoms with Crippen LogP contribution in [0.4, 0.5) is 5.13 Å². The van der Waals surface area contributed by atoms with Crippen LogP contribution < -0.4 is 10.0 Å². The van der Waals surface area contributed by atoms with Gasteiger partial charge in [0, 0.05) is 12.1 Å². The highest BCUT2D eigenvalue weighted by atomic mass is 32.2. The van der Waals surface area contributed by atoms with E-state index in [-0.39, 0.29) is 18.2 Å². The number of sulfonamides is 1. The molecule has 0 saturated heterocycles. The number of nitrogens with one attached hydrogen (secondary N) is 2. The number of aromatic nitrogens is 1. The molecule has 1 heterocycles. The van der Waals surface area contributed by atoms with Crippen LogP contribution in [0.3, 0.4) is 0 Å². The van der Waals surface area contributed by atoms with Gasteiger partial charge in [-0.3, -0.25) is 0 Å². The first-order valence-electron chi connectivity index (χ1n) is 9.71. The van der Waals surface area contributed by atoms with Crippen LogP contribution in [-0.4, -0.2) is 36.7 Å². The van der Waals surface area contributed by atoms with Gasteiger partial charge in [0.15, 0.2) is 5.13 Å². The van der Waals surface area contributed by atoms with E-state index in [1.165, 1.54) is 11.3 Å². The van der Waals surface area contributed by atoms with Crippen LogP contribution in [-0.2, 0) is 10.0 Å². The van der Waals surface area contributed by atoms with Crippen molar-refractivity contribution in [2.45, 2.75) is 76.5 Å². The molecular formula is C20H29N3O3S2. The van der Waals surface area contributed by atoms with E-state index < -0.39 is 10.0 Å². The topological polar surface area (TPSA) is 91.3 Å². The highest BCUT2D eigenvalue weighted by Crippen LogP contribution is 2.35. The number of benzene rings is 1. The summed E-state index contributed by atoms with van der Waals surface area (Å²) in [4.78, 5) is 5.84. The average Bonchev–Trinajstić information content (AvgIpc) is 2.96. The summed E-state index contributed by atoms with van der Waals surface area (Å²) < 4.78 is 28.9. The Morgan fingerprint density at radius 2 is 1.86 bits per heavy atom. The van der Waals surface area contributed by atoms with Gasteiger partial charge in [0.2, 0.25) is 10.0 Å². The van der Waals surface area contributed by atoms with E-state index in [0.717, 1.165) is 26.8 Å². The zero-order valence-electron chi connectivity index (χ0n) is 16.8. The number of hydrogen-bond acceptors (Lipinski definition) is 6. The van der Waals surface area contributed by atoms with Crippen LogP contribution in [0.1, 0.15) is 50.8 Å². The van der Waals surface area contributed by atoms with E-state index >= 15 is 0 Å². The Bertz CT molecular complexity index is 930. The highest BCUT2D eigenvalue weighted by Gasteiger charge is 2.26. The van der Waals surface area contributed by atoms with Crippen molar-refractivity contribution >= 4 is 26.5 Å². The molecule has 3 rings (SSSR count). The van der Waals surface area contributed by atoms with E-state index in [0.29, 0.717) is 30.6 Å². The van der Waals surface area contributed by atoms with Gasteiger partial charge < -0.3 is 10.4 Å². The number of thiazole rings is 1. The molecule has 1 saturated carbocycles. The Morgan fingerprint density at radius 3 is 2.50 bits per heavy atom. The summed E-state index contributed by atoms with van der Waals surface area (Å²) in [6.07, 6.45) is 2.29. The Hall–Kier alpha value is -1.48. The molecule has 0 bridgehead atoms. The highest BCUT2D eigenvalue weighted by molar-refractivity contribution is 7.89. The molecule has 2 aromatic rings. The molecule has 0 atom stereocenters. The molecule has 1 aliphatic carbocycles. The first-order valence-corrected chi connectivity index (χ1v) is 12.0. The van der Waals surface area contributed by atoms with Crippen LogP contribution in [0.25, 0.3) is 10.4 Å². The average molecular weight is 424 g/mol. The molecule has 1 fully saturated rings. The maximum atomic E-state index is 13.0. The van der Waals surface area contributed by atoms with Gasteiger partial charge >= 0.3 is 0 Å². The summed E-state index contributed by atoms with van der Waals surface area (Å²) in [5.74, 6) is 0. The SMILES string of the molecule is Cc1ccc(-c2sc(NC(C)C)nc2C)cc1S(=O)(=O)NC1CCC(O)CC1. The monoisotopic (exact) mass is 423 g/mol. The minimum absolute atomic E-state index is 0.122. The lowest BCUT2D eigenvalue weighted by Gasteiger charge is -2.26. The van der Waals surface area contributed by atoms with Crippen molar-refractivity contribution in [3.05, 3.63) is 29.5 Å². The Morgan fingerprint density at radius 1 is 1.18 bits per heavy atom. The van der Waals surface area contributed by atoms with Gasteiger partial charge in [0.1, 0.15) is 0 Å². The Balaban J connectivity index is 1.88. The van der Waals surface area contributed by atoms with Crippen molar-refractivity contribution in [3.8, 4) is 10.4 Å². The van der Waals surface area contributed by atoms with Crippen LogP contribution in [0.5, 0.6) is 0 Å². The normalized spacial score (nSPS) is 20.5. The summed E-state index contributed by atoms with van der Waals surface area (Å²) in [6.45, 7) is 7.87. The lowest BCUT2D eigenvalue weighted by atomic mass is 9.94. The van der Waals surface area contributed by atoms with Crippen LogP contribution in [0, 0.1) is 13.8 Å². The molecule has 1 aromatic heterocycles. The molecule has 3 N–H and O–H groups in total. The van der Waals surface area contributed by atoms with E-state index in [1.807, 2.05) is 26.0 Å². The predicted octanol–water partition coefficient (Wildman–Crippen LogP) is 3.83. The summed E-state index contributed by atoms with van der Waals surface area (Å²) >= 11 is 1.54. The predicted molar refractivity (Wildman–Crippen MR) is 114 cm³/mol. The fourth-order valence-corrected chi connectivity index (χ4v) is 6.16. The fourth-order valence-electron chi connectivity index (χ4n) is 3.48. The summed E-state index contributed by atoms with van der Waals surface area (Å²) in [5, 5.41) is 13.8. The lowest BCUT2D eigenvalue weighted by molar-refractivity contribution is 0.120. The minimum Gasteiger partial charge on any atom is -0.393 e. The molecule has 6 nitrogen and oxygen atoms in total. The van der Waals surface area contributed by atoms with Crippen molar-refractivity contribution in [1.29, 1.82) is 0 Å². The molecule has 0 spiro atoms. The summed E-state index contributed by atoms with van der Waals surface area (Å²) in [7, 11) is -3.63. The van der Waals surface area contributed by atoms with Crippen molar-refractivity contribution in [2.75, 3.05) is 5.32 Å². The van der Waals surface area contributed by atoms with Crippen LogP contribution in [0.15, 0.2) is 23.1 Å². The van der Waals surface area contributed by atoms with Gasteiger partial charge in [-0.2, -0.15) is 0 Å². The Labute approximate surface area is 171 Å². The third kappa shape index (κ3) is 4.92. The molecule has 28 heavy (non-hydrogen) atoms. The van der Waals surface area contributed by atoms with Gasteiger partial charge in [0.05, 0.1) is 21.6 Å². The second-order valence-electron chi connectivity index (χ2n) is 7.84. The number of aliphatic hydroxyl groups excluding tert-OH is 1. The van der Waals surface area contributed by atoms with E-state index in [1.54, 1.807) is 6.07 Å².